The van der Waals surface area contributed by atoms with Gasteiger partial charge in [0.25, 0.3) is 0 Å². The number of Topliss-reactive ketones (excluding diaryl/α,β-unsaturated/α-hetero) is 1. The summed E-state index contributed by atoms with van der Waals surface area (Å²) in [5.74, 6) is 0.0339. The predicted molar refractivity (Wildman–Crippen MR) is 74.7 cm³/mol. The number of pyridine rings is 1. The number of nitrogens with zero attached hydrogens (tertiary/aromatic N) is 3. The third-order valence-corrected chi connectivity index (χ3v) is 3.48. The van der Waals surface area contributed by atoms with Crippen molar-refractivity contribution in [1.82, 2.24) is 14.8 Å². The number of carbonyl (C=O) groups is 1. The first-order chi connectivity index (χ1) is 8.88. The molecule has 0 N–H and O–H groups in total. The molecule has 5 heteroatoms. The number of aryl methyl sites for hydroxylation is 4. The first kappa shape index (κ1) is 13.7. The van der Waals surface area contributed by atoms with Crippen LogP contribution in [0.2, 0.25) is 5.15 Å². The normalized spacial score (nSPS) is 10.8. The summed E-state index contributed by atoms with van der Waals surface area (Å²) in [4.78, 5) is 16.6. The molecule has 0 aliphatic heterocycles. The monoisotopic (exact) mass is 277 g/mol. The van der Waals surface area contributed by atoms with Gasteiger partial charge in [0.1, 0.15) is 5.15 Å². The summed E-state index contributed by atoms with van der Waals surface area (Å²) in [6.45, 7) is 5.62. The molecule has 0 aliphatic rings. The fraction of sp³-hybridized carbons (Fsp3) is 0.357. The average Bonchev–Trinajstić information content (AvgIpc) is 2.54. The van der Waals surface area contributed by atoms with Crippen LogP contribution in [-0.4, -0.2) is 20.5 Å². The lowest BCUT2D eigenvalue weighted by atomic mass is 10.0. The molecule has 2 rings (SSSR count). The van der Waals surface area contributed by atoms with Crippen LogP contribution in [0.25, 0.3) is 0 Å². The molecule has 0 fully saturated rings. The van der Waals surface area contributed by atoms with Crippen LogP contribution in [0.4, 0.5) is 0 Å². The van der Waals surface area contributed by atoms with Gasteiger partial charge in [-0.15, -0.1) is 0 Å². The quantitative estimate of drug-likeness (QED) is 0.811. The molecule has 0 atom stereocenters. The molecule has 2 heterocycles. The van der Waals surface area contributed by atoms with Gasteiger partial charge >= 0.3 is 0 Å². The third kappa shape index (κ3) is 2.84. The lowest BCUT2D eigenvalue weighted by Gasteiger charge is -2.04. The van der Waals surface area contributed by atoms with Gasteiger partial charge in [0.15, 0.2) is 5.78 Å². The Morgan fingerprint density at radius 2 is 1.84 bits per heavy atom. The Labute approximate surface area is 117 Å². The standard InChI is InChI=1S/C14H16ClN3O/c1-8-5-11(6-9(2)16-8)13(19)7-12-10(3)17-18(4)14(12)15/h5-6H,7H2,1-4H3. The minimum atomic E-state index is 0.0339. The van der Waals surface area contributed by atoms with Crippen LogP contribution in [-0.2, 0) is 13.5 Å². The van der Waals surface area contributed by atoms with Crippen LogP contribution in [0.15, 0.2) is 12.1 Å². The van der Waals surface area contributed by atoms with Crippen molar-refractivity contribution in [2.75, 3.05) is 0 Å². The Morgan fingerprint density at radius 3 is 2.32 bits per heavy atom. The lowest BCUT2D eigenvalue weighted by Crippen LogP contribution is -2.06. The highest BCUT2D eigenvalue weighted by Crippen LogP contribution is 2.21. The SMILES string of the molecule is Cc1cc(C(=O)Cc2c(C)nn(C)c2Cl)cc(C)n1. The maximum Gasteiger partial charge on any atom is 0.167 e. The summed E-state index contributed by atoms with van der Waals surface area (Å²) in [5, 5.41) is 4.73. The van der Waals surface area contributed by atoms with Gasteiger partial charge in [-0.25, -0.2) is 0 Å². The Bertz CT molecular complexity index is 626. The Kier molecular flexibility index (Phi) is 3.71. The molecular weight excluding hydrogens is 262 g/mol. The highest BCUT2D eigenvalue weighted by atomic mass is 35.5. The molecule has 0 aromatic carbocycles. The fourth-order valence-corrected chi connectivity index (χ4v) is 2.37. The van der Waals surface area contributed by atoms with E-state index in [9.17, 15) is 4.79 Å². The van der Waals surface area contributed by atoms with Crippen molar-refractivity contribution >= 4 is 17.4 Å². The van der Waals surface area contributed by atoms with E-state index in [4.69, 9.17) is 11.6 Å². The molecular formula is C14H16ClN3O. The molecule has 0 saturated heterocycles. The Balaban J connectivity index is 2.30. The molecule has 0 radical (unpaired) electrons. The highest BCUT2D eigenvalue weighted by molar-refractivity contribution is 6.30. The van der Waals surface area contributed by atoms with E-state index < -0.39 is 0 Å². The predicted octanol–water partition coefficient (Wildman–Crippen LogP) is 2.82. The Morgan fingerprint density at radius 1 is 1.26 bits per heavy atom. The van der Waals surface area contributed by atoms with Gasteiger partial charge in [-0.2, -0.15) is 5.10 Å². The van der Waals surface area contributed by atoms with Gasteiger partial charge in [0.05, 0.1) is 5.69 Å². The minimum absolute atomic E-state index is 0.0339. The summed E-state index contributed by atoms with van der Waals surface area (Å²) in [5.41, 5.74) is 3.95. The second kappa shape index (κ2) is 5.13. The molecule has 0 saturated carbocycles. The van der Waals surface area contributed by atoms with Crippen LogP contribution >= 0.6 is 11.6 Å². The van der Waals surface area contributed by atoms with Crippen molar-refractivity contribution in [2.45, 2.75) is 27.2 Å². The van der Waals surface area contributed by atoms with Gasteiger partial charge in [-0.05, 0) is 32.9 Å². The zero-order chi connectivity index (χ0) is 14.2. The number of hydrogen-bond donors (Lipinski definition) is 0. The van der Waals surface area contributed by atoms with Crippen LogP contribution < -0.4 is 0 Å². The zero-order valence-corrected chi connectivity index (χ0v) is 12.2. The minimum Gasteiger partial charge on any atom is -0.294 e. The van der Waals surface area contributed by atoms with E-state index in [0.717, 1.165) is 22.6 Å². The van der Waals surface area contributed by atoms with Crippen LogP contribution in [0.5, 0.6) is 0 Å². The summed E-state index contributed by atoms with van der Waals surface area (Å²) in [7, 11) is 1.77. The van der Waals surface area contributed by atoms with Gasteiger partial charge in [-0.1, -0.05) is 11.6 Å². The lowest BCUT2D eigenvalue weighted by molar-refractivity contribution is 0.0992. The molecule has 0 bridgehead atoms. The first-order valence-corrected chi connectivity index (χ1v) is 6.42. The average molecular weight is 278 g/mol. The molecule has 19 heavy (non-hydrogen) atoms. The van der Waals surface area contributed by atoms with Crippen molar-refractivity contribution in [1.29, 1.82) is 0 Å². The fourth-order valence-electron chi connectivity index (χ4n) is 2.13. The van der Waals surface area contributed by atoms with E-state index in [2.05, 4.69) is 10.1 Å². The van der Waals surface area contributed by atoms with Crippen molar-refractivity contribution < 1.29 is 4.79 Å². The maximum absolute atomic E-state index is 12.3. The van der Waals surface area contributed by atoms with E-state index in [-0.39, 0.29) is 12.2 Å². The summed E-state index contributed by atoms with van der Waals surface area (Å²) in [6, 6.07) is 3.60. The van der Waals surface area contributed by atoms with Gasteiger partial charge in [-0.3, -0.25) is 14.5 Å². The number of rotatable bonds is 3. The molecule has 0 spiro atoms. The second-order valence-electron chi connectivity index (χ2n) is 4.72. The smallest absolute Gasteiger partial charge is 0.167 e. The van der Waals surface area contributed by atoms with Crippen molar-refractivity contribution in [3.05, 3.63) is 45.5 Å². The third-order valence-electron chi connectivity index (χ3n) is 3.01. The van der Waals surface area contributed by atoms with E-state index in [1.165, 1.54) is 0 Å². The zero-order valence-electron chi connectivity index (χ0n) is 11.5. The number of ketones is 1. The number of carbonyl (C=O) groups excluding carboxylic acids is 1. The largest absolute Gasteiger partial charge is 0.294 e. The van der Waals surface area contributed by atoms with E-state index in [1.54, 1.807) is 23.9 Å². The van der Waals surface area contributed by atoms with Gasteiger partial charge in [0, 0.05) is 36.0 Å². The van der Waals surface area contributed by atoms with Crippen LogP contribution in [0.1, 0.15) is 33.0 Å². The van der Waals surface area contributed by atoms with Crippen LogP contribution in [0.3, 0.4) is 0 Å². The summed E-state index contributed by atoms with van der Waals surface area (Å²) in [6.07, 6.45) is 0.265. The van der Waals surface area contributed by atoms with Crippen LogP contribution in [0, 0.1) is 20.8 Å². The van der Waals surface area contributed by atoms with Crippen molar-refractivity contribution in [2.24, 2.45) is 7.05 Å². The van der Waals surface area contributed by atoms with Crippen molar-refractivity contribution in [3.8, 4) is 0 Å². The topological polar surface area (TPSA) is 47.8 Å². The van der Waals surface area contributed by atoms with Crippen molar-refractivity contribution in [3.63, 3.8) is 0 Å². The Hall–Kier alpha value is -1.68. The first-order valence-electron chi connectivity index (χ1n) is 6.05. The molecule has 2 aromatic heterocycles. The molecule has 2 aromatic rings. The van der Waals surface area contributed by atoms with E-state index >= 15 is 0 Å². The maximum atomic E-state index is 12.3. The summed E-state index contributed by atoms with van der Waals surface area (Å²) >= 11 is 6.14. The van der Waals surface area contributed by atoms with Gasteiger partial charge in [0.2, 0.25) is 0 Å². The van der Waals surface area contributed by atoms with E-state index in [1.807, 2.05) is 20.8 Å². The number of aromatic nitrogens is 3. The number of hydrogen-bond acceptors (Lipinski definition) is 3. The summed E-state index contributed by atoms with van der Waals surface area (Å²) < 4.78 is 1.59. The molecule has 0 unspecified atom stereocenters. The second-order valence-corrected chi connectivity index (χ2v) is 5.07. The molecule has 100 valence electrons. The highest BCUT2D eigenvalue weighted by Gasteiger charge is 2.16. The molecule has 0 amide bonds. The van der Waals surface area contributed by atoms with Gasteiger partial charge < -0.3 is 0 Å². The molecule has 4 nitrogen and oxygen atoms in total. The molecule has 0 aliphatic carbocycles. The number of halogens is 1. The van der Waals surface area contributed by atoms with E-state index in [0.29, 0.717) is 10.7 Å².